The summed E-state index contributed by atoms with van der Waals surface area (Å²) < 4.78 is 29.8. The van der Waals surface area contributed by atoms with Crippen molar-refractivity contribution in [2.75, 3.05) is 10.0 Å². The molecule has 4 rings (SSSR count). The summed E-state index contributed by atoms with van der Waals surface area (Å²) in [4.78, 5) is 12.8. The van der Waals surface area contributed by atoms with E-state index in [0.29, 0.717) is 11.4 Å². The van der Waals surface area contributed by atoms with Gasteiger partial charge in [0.1, 0.15) is 9.77 Å². The van der Waals surface area contributed by atoms with Crippen molar-refractivity contribution in [3.8, 4) is 5.69 Å². The van der Waals surface area contributed by atoms with E-state index in [1.807, 2.05) is 49.4 Å². The highest BCUT2D eigenvalue weighted by molar-refractivity contribution is 7.93. The molecule has 0 saturated carbocycles. The topological polar surface area (TPSA) is 93.1 Å². The first-order valence-electron chi connectivity index (χ1n) is 9.01. The van der Waals surface area contributed by atoms with Crippen LogP contribution in [0.25, 0.3) is 5.69 Å². The lowest BCUT2D eigenvalue weighted by atomic mass is 10.2. The molecule has 0 aliphatic heterocycles. The third-order valence-corrected chi connectivity index (χ3v) is 6.76. The van der Waals surface area contributed by atoms with E-state index in [9.17, 15) is 13.2 Å². The number of hydrogen-bond acceptors (Lipinski definition) is 5. The number of nitrogens with zero attached hydrogens (tertiary/aromatic N) is 2. The average Bonchev–Trinajstić information content (AvgIpc) is 3.40. The predicted molar refractivity (Wildman–Crippen MR) is 118 cm³/mol. The van der Waals surface area contributed by atoms with Crippen molar-refractivity contribution in [2.45, 2.75) is 11.8 Å². The van der Waals surface area contributed by atoms with E-state index < -0.39 is 15.9 Å². The standard InChI is InChI=1S/C21H18N4O3S2/c1-15-7-9-16(10-8-15)24-30(27,28)19-11-12-29-20(19)21(26)23-17-13-22-25(14-17)18-5-3-2-4-6-18/h2-14,24H,1H3,(H,23,26). The zero-order chi connectivity index (χ0) is 21.1. The Labute approximate surface area is 178 Å². The van der Waals surface area contributed by atoms with Crippen LogP contribution in [0.5, 0.6) is 0 Å². The molecule has 0 unspecified atom stereocenters. The van der Waals surface area contributed by atoms with Crippen LogP contribution in [0.1, 0.15) is 15.2 Å². The van der Waals surface area contributed by atoms with Crippen LogP contribution in [0.3, 0.4) is 0 Å². The quantitative estimate of drug-likeness (QED) is 0.469. The summed E-state index contributed by atoms with van der Waals surface area (Å²) in [6, 6.07) is 17.8. The van der Waals surface area contributed by atoms with E-state index >= 15 is 0 Å². The van der Waals surface area contributed by atoms with Gasteiger partial charge in [-0.1, -0.05) is 35.9 Å². The number of rotatable bonds is 6. The number of benzene rings is 2. The van der Waals surface area contributed by atoms with Crippen molar-refractivity contribution >= 4 is 38.6 Å². The lowest BCUT2D eigenvalue weighted by Crippen LogP contribution is -2.18. The zero-order valence-electron chi connectivity index (χ0n) is 15.9. The van der Waals surface area contributed by atoms with Gasteiger partial charge in [0.05, 0.1) is 23.8 Å². The summed E-state index contributed by atoms with van der Waals surface area (Å²) in [5, 5.41) is 8.52. The molecule has 30 heavy (non-hydrogen) atoms. The maximum atomic E-state index is 12.8. The van der Waals surface area contributed by atoms with Gasteiger partial charge in [-0.15, -0.1) is 11.3 Å². The van der Waals surface area contributed by atoms with Gasteiger partial charge in [-0.25, -0.2) is 13.1 Å². The molecular formula is C21H18N4O3S2. The minimum atomic E-state index is -3.91. The van der Waals surface area contributed by atoms with Crippen LogP contribution in [-0.4, -0.2) is 24.1 Å². The molecule has 9 heteroatoms. The number of aromatic nitrogens is 2. The van der Waals surface area contributed by atoms with Gasteiger partial charge >= 0.3 is 0 Å². The van der Waals surface area contributed by atoms with E-state index in [1.54, 1.807) is 28.4 Å². The third-order valence-electron chi connectivity index (χ3n) is 4.29. The van der Waals surface area contributed by atoms with Crippen molar-refractivity contribution < 1.29 is 13.2 Å². The number of nitrogens with one attached hydrogen (secondary N) is 2. The van der Waals surface area contributed by atoms with E-state index in [1.165, 1.54) is 12.3 Å². The maximum absolute atomic E-state index is 12.8. The highest BCUT2D eigenvalue weighted by Gasteiger charge is 2.24. The minimum absolute atomic E-state index is 0.0685. The van der Waals surface area contributed by atoms with Crippen LogP contribution in [0.4, 0.5) is 11.4 Å². The fraction of sp³-hybridized carbons (Fsp3) is 0.0476. The summed E-state index contributed by atoms with van der Waals surface area (Å²) in [5.74, 6) is -0.512. The van der Waals surface area contributed by atoms with E-state index in [4.69, 9.17) is 0 Å². The van der Waals surface area contributed by atoms with Crippen molar-refractivity contribution in [3.63, 3.8) is 0 Å². The largest absolute Gasteiger partial charge is 0.319 e. The van der Waals surface area contributed by atoms with Gasteiger partial charge in [-0.2, -0.15) is 5.10 Å². The lowest BCUT2D eigenvalue weighted by Gasteiger charge is -2.09. The molecule has 4 aromatic rings. The number of hydrogen-bond donors (Lipinski definition) is 2. The molecule has 2 N–H and O–H groups in total. The molecule has 0 aliphatic carbocycles. The summed E-state index contributed by atoms with van der Waals surface area (Å²) >= 11 is 1.06. The smallest absolute Gasteiger partial charge is 0.267 e. The number of amides is 1. The van der Waals surface area contributed by atoms with Crippen LogP contribution in [0.2, 0.25) is 0 Å². The molecule has 0 saturated heterocycles. The molecule has 0 radical (unpaired) electrons. The number of sulfonamides is 1. The van der Waals surface area contributed by atoms with E-state index in [0.717, 1.165) is 22.6 Å². The van der Waals surface area contributed by atoms with Gasteiger partial charge in [0.25, 0.3) is 15.9 Å². The Kier molecular flexibility index (Phi) is 5.39. The number of carbonyl (C=O) groups excluding carboxylic acids is 1. The molecule has 2 aromatic heterocycles. The maximum Gasteiger partial charge on any atom is 0.267 e. The second kappa shape index (κ2) is 8.13. The van der Waals surface area contributed by atoms with Gasteiger partial charge < -0.3 is 5.32 Å². The predicted octanol–water partition coefficient (Wildman–Crippen LogP) is 4.30. The highest BCUT2D eigenvalue weighted by atomic mass is 32.2. The molecule has 0 aliphatic rings. The summed E-state index contributed by atoms with van der Waals surface area (Å²) in [5.41, 5.74) is 2.76. The second-order valence-corrected chi connectivity index (χ2v) is 9.12. The Bertz CT molecular complexity index is 1280. The fourth-order valence-electron chi connectivity index (χ4n) is 2.80. The Morgan fingerprint density at radius 1 is 1.00 bits per heavy atom. The number of aryl methyl sites for hydroxylation is 1. The van der Waals surface area contributed by atoms with Crippen molar-refractivity contribution in [1.82, 2.24) is 9.78 Å². The third kappa shape index (κ3) is 4.27. The van der Waals surface area contributed by atoms with Gasteiger partial charge in [0.15, 0.2) is 0 Å². The number of thiophene rings is 1. The van der Waals surface area contributed by atoms with Crippen LogP contribution in [0.15, 0.2) is 83.3 Å². The molecule has 0 atom stereocenters. The Morgan fingerprint density at radius 2 is 1.73 bits per heavy atom. The van der Waals surface area contributed by atoms with Crippen molar-refractivity contribution in [1.29, 1.82) is 0 Å². The first kappa shape index (κ1) is 19.9. The first-order valence-corrected chi connectivity index (χ1v) is 11.4. The van der Waals surface area contributed by atoms with Crippen LogP contribution < -0.4 is 10.0 Å². The molecule has 0 spiro atoms. The highest BCUT2D eigenvalue weighted by Crippen LogP contribution is 2.26. The van der Waals surface area contributed by atoms with Gasteiger partial charge in [0, 0.05) is 5.69 Å². The molecule has 0 bridgehead atoms. The molecule has 152 valence electrons. The Hall–Kier alpha value is -3.43. The minimum Gasteiger partial charge on any atom is -0.319 e. The lowest BCUT2D eigenvalue weighted by molar-refractivity contribution is 0.102. The van der Waals surface area contributed by atoms with Crippen LogP contribution >= 0.6 is 11.3 Å². The Morgan fingerprint density at radius 3 is 2.47 bits per heavy atom. The average molecular weight is 439 g/mol. The van der Waals surface area contributed by atoms with Crippen LogP contribution in [0, 0.1) is 6.92 Å². The fourth-order valence-corrected chi connectivity index (χ4v) is 5.19. The number of para-hydroxylation sites is 1. The molecule has 7 nitrogen and oxygen atoms in total. The number of anilines is 2. The molecular weight excluding hydrogens is 420 g/mol. The van der Waals surface area contributed by atoms with E-state index in [2.05, 4.69) is 15.1 Å². The van der Waals surface area contributed by atoms with Crippen molar-refractivity contribution in [2.24, 2.45) is 0 Å². The molecule has 1 amide bonds. The SMILES string of the molecule is Cc1ccc(NS(=O)(=O)c2ccsc2C(=O)Nc2cnn(-c3ccccc3)c2)cc1. The molecule has 2 aromatic carbocycles. The normalized spacial score (nSPS) is 11.2. The summed E-state index contributed by atoms with van der Waals surface area (Å²) in [6.45, 7) is 1.92. The summed E-state index contributed by atoms with van der Waals surface area (Å²) in [6.07, 6.45) is 3.18. The molecule has 2 heterocycles. The monoisotopic (exact) mass is 438 g/mol. The second-order valence-electron chi connectivity index (χ2n) is 6.55. The van der Waals surface area contributed by atoms with Gasteiger partial charge in [-0.3, -0.25) is 9.52 Å². The van der Waals surface area contributed by atoms with Crippen LogP contribution in [-0.2, 0) is 10.0 Å². The summed E-state index contributed by atoms with van der Waals surface area (Å²) in [7, 11) is -3.91. The molecule has 0 fully saturated rings. The zero-order valence-corrected chi connectivity index (χ0v) is 17.6. The van der Waals surface area contributed by atoms with Gasteiger partial charge in [-0.05, 0) is 42.6 Å². The Balaban J connectivity index is 1.53. The first-order chi connectivity index (χ1) is 14.4. The van der Waals surface area contributed by atoms with Gasteiger partial charge in [0.2, 0.25) is 0 Å². The number of carbonyl (C=O) groups is 1. The van der Waals surface area contributed by atoms with Crippen molar-refractivity contribution in [3.05, 3.63) is 88.9 Å². The van der Waals surface area contributed by atoms with E-state index in [-0.39, 0.29) is 9.77 Å².